The standard InChI is InChI=1S/C21H23FN2O4S/c1-29(26,27)24-18-8-7-16(22)13-17(18)21(9-11-23-12-10-21)19(24)20(25)28-14-15-5-3-2-4-6-15/h2-8,13,19,23H,9-12,14H2,1H3/t19-/m0/s1. The second-order valence-corrected chi connectivity index (χ2v) is 9.48. The molecule has 2 aromatic carbocycles. The number of hydrogen-bond donors (Lipinski definition) is 1. The predicted octanol–water partition coefficient (Wildman–Crippen LogP) is 2.34. The van der Waals surface area contributed by atoms with E-state index in [-0.39, 0.29) is 6.61 Å². The fourth-order valence-corrected chi connectivity index (χ4v) is 5.71. The average molecular weight is 418 g/mol. The number of piperidine rings is 1. The zero-order valence-electron chi connectivity index (χ0n) is 16.1. The van der Waals surface area contributed by atoms with Crippen LogP contribution in [-0.2, 0) is 31.6 Å². The second-order valence-electron chi connectivity index (χ2n) is 7.62. The van der Waals surface area contributed by atoms with E-state index >= 15 is 0 Å². The molecule has 1 saturated heterocycles. The van der Waals surface area contributed by atoms with Crippen molar-refractivity contribution in [3.63, 3.8) is 0 Å². The Morgan fingerprint density at radius 3 is 2.55 bits per heavy atom. The number of benzene rings is 2. The number of hydrogen-bond acceptors (Lipinski definition) is 5. The summed E-state index contributed by atoms with van der Waals surface area (Å²) >= 11 is 0. The number of nitrogens with one attached hydrogen (secondary N) is 1. The number of anilines is 1. The Morgan fingerprint density at radius 1 is 1.21 bits per heavy atom. The van der Waals surface area contributed by atoms with Crippen molar-refractivity contribution in [2.24, 2.45) is 0 Å². The van der Waals surface area contributed by atoms with Gasteiger partial charge >= 0.3 is 5.97 Å². The van der Waals surface area contributed by atoms with Crippen LogP contribution in [0.4, 0.5) is 10.1 Å². The SMILES string of the molecule is CS(=O)(=O)N1c2ccc(F)cc2C2(CCNCC2)[C@@H]1C(=O)OCc1ccccc1. The van der Waals surface area contributed by atoms with Crippen molar-refractivity contribution < 1.29 is 22.3 Å². The van der Waals surface area contributed by atoms with Crippen molar-refractivity contribution in [3.8, 4) is 0 Å². The molecule has 0 saturated carbocycles. The lowest BCUT2D eigenvalue weighted by atomic mass is 9.70. The molecule has 1 N–H and O–H groups in total. The molecule has 0 aliphatic carbocycles. The minimum absolute atomic E-state index is 0.0484. The van der Waals surface area contributed by atoms with E-state index in [1.807, 2.05) is 30.3 Å². The molecule has 0 bridgehead atoms. The molecular formula is C21H23FN2O4S. The predicted molar refractivity (Wildman–Crippen MR) is 108 cm³/mol. The van der Waals surface area contributed by atoms with Gasteiger partial charge in [0.2, 0.25) is 10.0 Å². The maximum absolute atomic E-state index is 14.1. The number of carbonyl (C=O) groups is 1. The zero-order valence-corrected chi connectivity index (χ0v) is 16.9. The molecule has 0 amide bonds. The van der Waals surface area contributed by atoms with Gasteiger partial charge in [0, 0.05) is 5.41 Å². The first-order chi connectivity index (χ1) is 13.8. The normalized spacial score (nSPS) is 20.5. The highest BCUT2D eigenvalue weighted by Crippen LogP contribution is 2.52. The van der Waals surface area contributed by atoms with Crippen LogP contribution in [0.5, 0.6) is 0 Å². The van der Waals surface area contributed by atoms with Gasteiger partial charge in [-0.2, -0.15) is 0 Å². The largest absolute Gasteiger partial charge is 0.459 e. The number of ether oxygens (including phenoxy) is 1. The van der Waals surface area contributed by atoms with E-state index in [9.17, 15) is 17.6 Å². The summed E-state index contributed by atoms with van der Waals surface area (Å²) in [5, 5.41) is 3.24. The van der Waals surface area contributed by atoms with Gasteiger partial charge in [-0.25, -0.2) is 17.6 Å². The van der Waals surface area contributed by atoms with Gasteiger partial charge < -0.3 is 10.1 Å². The Labute approximate surface area is 169 Å². The topological polar surface area (TPSA) is 75.7 Å². The molecule has 1 atom stereocenters. The summed E-state index contributed by atoms with van der Waals surface area (Å²) in [7, 11) is -3.79. The second kappa shape index (κ2) is 7.42. The smallest absolute Gasteiger partial charge is 0.331 e. The van der Waals surface area contributed by atoms with Crippen molar-refractivity contribution in [1.29, 1.82) is 0 Å². The third kappa shape index (κ3) is 3.51. The van der Waals surface area contributed by atoms with Crippen LogP contribution >= 0.6 is 0 Å². The molecule has 154 valence electrons. The summed E-state index contributed by atoms with van der Waals surface area (Å²) in [5.74, 6) is -1.06. The first-order valence-corrected chi connectivity index (χ1v) is 11.4. The van der Waals surface area contributed by atoms with E-state index in [0.717, 1.165) is 16.1 Å². The quantitative estimate of drug-likeness (QED) is 0.772. The van der Waals surface area contributed by atoms with Crippen molar-refractivity contribution in [1.82, 2.24) is 5.32 Å². The molecule has 2 aliphatic rings. The van der Waals surface area contributed by atoms with Crippen LogP contribution in [0, 0.1) is 5.82 Å². The summed E-state index contributed by atoms with van der Waals surface area (Å²) in [6, 6.07) is 12.2. The van der Waals surface area contributed by atoms with Crippen molar-refractivity contribution in [2.45, 2.75) is 30.9 Å². The summed E-state index contributed by atoms with van der Waals surface area (Å²) in [6.07, 6.45) is 2.10. The highest BCUT2D eigenvalue weighted by molar-refractivity contribution is 7.92. The van der Waals surface area contributed by atoms with E-state index in [1.165, 1.54) is 18.2 Å². The Balaban J connectivity index is 1.77. The van der Waals surface area contributed by atoms with Gasteiger partial charge in [0.25, 0.3) is 0 Å². The molecule has 29 heavy (non-hydrogen) atoms. The average Bonchev–Trinajstić information content (AvgIpc) is 2.97. The Morgan fingerprint density at radius 2 is 1.90 bits per heavy atom. The fourth-order valence-electron chi connectivity index (χ4n) is 4.52. The van der Waals surface area contributed by atoms with E-state index in [1.54, 1.807) is 0 Å². The summed E-state index contributed by atoms with van der Waals surface area (Å²) in [5.41, 5.74) is 0.913. The van der Waals surface area contributed by atoms with Gasteiger partial charge in [-0.1, -0.05) is 30.3 Å². The van der Waals surface area contributed by atoms with E-state index < -0.39 is 33.3 Å². The molecule has 2 aliphatic heterocycles. The number of carbonyl (C=O) groups excluding carboxylic acids is 1. The Hall–Kier alpha value is -2.45. The van der Waals surface area contributed by atoms with Gasteiger partial charge in [0.1, 0.15) is 12.4 Å². The van der Waals surface area contributed by atoms with Crippen LogP contribution in [-0.4, -0.2) is 39.8 Å². The van der Waals surface area contributed by atoms with E-state index in [2.05, 4.69) is 5.32 Å². The molecule has 8 heteroatoms. The third-order valence-corrected chi connectivity index (χ3v) is 6.91. The first-order valence-electron chi connectivity index (χ1n) is 9.54. The highest BCUT2D eigenvalue weighted by atomic mass is 32.2. The van der Waals surface area contributed by atoms with Gasteiger partial charge in [0.15, 0.2) is 6.04 Å². The molecular weight excluding hydrogens is 395 g/mol. The molecule has 0 aromatic heterocycles. The molecule has 6 nitrogen and oxygen atoms in total. The minimum atomic E-state index is -3.79. The van der Waals surface area contributed by atoms with Crippen molar-refractivity contribution >= 4 is 21.7 Å². The van der Waals surface area contributed by atoms with Crippen LogP contribution in [0.15, 0.2) is 48.5 Å². The summed E-state index contributed by atoms with van der Waals surface area (Å²) < 4.78 is 46.2. The van der Waals surface area contributed by atoms with Crippen molar-refractivity contribution in [2.75, 3.05) is 23.7 Å². The zero-order chi connectivity index (χ0) is 20.6. The maximum atomic E-state index is 14.1. The van der Waals surface area contributed by atoms with E-state index in [0.29, 0.717) is 37.2 Å². The van der Waals surface area contributed by atoms with Gasteiger partial charge in [-0.3, -0.25) is 4.31 Å². The molecule has 4 rings (SSSR count). The number of halogens is 1. The summed E-state index contributed by atoms with van der Waals surface area (Å²) in [6.45, 7) is 1.26. The lowest BCUT2D eigenvalue weighted by molar-refractivity contribution is -0.148. The van der Waals surface area contributed by atoms with Gasteiger partial charge in [-0.05, 0) is 55.3 Å². The molecule has 0 unspecified atom stereocenters. The van der Waals surface area contributed by atoms with Crippen LogP contribution in [0.1, 0.15) is 24.0 Å². The van der Waals surface area contributed by atoms with Crippen LogP contribution in [0.25, 0.3) is 0 Å². The number of fused-ring (bicyclic) bond motifs is 2. The minimum Gasteiger partial charge on any atom is -0.459 e. The molecule has 1 fully saturated rings. The monoisotopic (exact) mass is 418 g/mol. The lowest BCUT2D eigenvalue weighted by Gasteiger charge is -2.39. The summed E-state index contributed by atoms with van der Waals surface area (Å²) in [4.78, 5) is 13.3. The maximum Gasteiger partial charge on any atom is 0.331 e. The van der Waals surface area contributed by atoms with E-state index in [4.69, 9.17) is 4.74 Å². The fraction of sp³-hybridized carbons (Fsp3) is 0.381. The lowest BCUT2D eigenvalue weighted by Crippen LogP contribution is -2.56. The number of esters is 1. The Kier molecular flexibility index (Phi) is 5.08. The first kappa shape index (κ1) is 19.8. The number of nitrogens with zero attached hydrogens (tertiary/aromatic N) is 1. The van der Waals surface area contributed by atoms with Crippen LogP contribution < -0.4 is 9.62 Å². The molecule has 0 radical (unpaired) electrons. The molecule has 2 heterocycles. The molecule has 1 spiro atoms. The highest BCUT2D eigenvalue weighted by Gasteiger charge is 2.58. The Bertz CT molecular complexity index is 1020. The van der Waals surface area contributed by atoms with Crippen LogP contribution in [0.2, 0.25) is 0 Å². The number of rotatable bonds is 4. The van der Waals surface area contributed by atoms with Gasteiger partial charge in [0.05, 0.1) is 11.9 Å². The van der Waals surface area contributed by atoms with Crippen molar-refractivity contribution in [3.05, 3.63) is 65.5 Å². The van der Waals surface area contributed by atoms with Crippen LogP contribution in [0.3, 0.4) is 0 Å². The van der Waals surface area contributed by atoms with Gasteiger partial charge in [-0.15, -0.1) is 0 Å². The number of sulfonamides is 1. The third-order valence-electron chi connectivity index (χ3n) is 5.79. The molecule has 2 aromatic rings.